The van der Waals surface area contributed by atoms with E-state index in [0.29, 0.717) is 23.5 Å². The van der Waals surface area contributed by atoms with Crippen LogP contribution in [-0.2, 0) is 4.79 Å². The molecule has 3 N–H and O–H groups in total. The van der Waals surface area contributed by atoms with Gasteiger partial charge >= 0.3 is 5.97 Å². The Balaban J connectivity index is 1.63. The fourth-order valence-corrected chi connectivity index (χ4v) is 5.39. The highest BCUT2D eigenvalue weighted by molar-refractivity contribution is 5.97. The van der Waals surface area contributed by atoms with Crippen LogP contribution in [0.4, 0.5) is 11.4 Å². The van der Waals surface area contributed by atoms with E-state index < -0.39 is 12.0 Å². The molecule has 46 heavy (non-hydrogen) atoms. The minimum Gasteiger partial charge on any atom is -0.478 e. The molecule has 0 aliphatic carbocycles. The molecule has 0 unspecified atom stereocenters. The standard InChI is InChI=1S/C38H58N4O4/c1-4-6-7-8-9-10-11-12-13-14-15-16-17-18-19-20-29-39-37(44)35(30(3)5-2)40-36(43)31-21-25-33(26-22-31)41-42-34-27-23-32(24-28-34)38(45)46/h21-28,30,35H,4-20,29H2,1-3H3,(H,39,44)(H,40,43)(H,45,46)/t30-,35-/m0/s1. The number of carbonyl (C=O) groups is 3. The topological polar surface area (TPSA) is 120 Å². The van der Waals surface area contributed by atoms with Crippen LogP contribution in [0.2, 0.25) is 0 Å². The number of hydrogen-bond donors (Lipinski definition) is 3. The Kier molecular flexibility index (Phi) is 19.9. The van der Waals surface area contributed by atoms with E-state index in [-0.39, 0.29) is 23.3 Å². The lowest BCUT2D eigenvalue weighted by Gasteiger charge is -2.23. The van der Waals surface area contributed by atoms with Crippen LogP contribution < -0.4 is 10.6 Å². The Morgan fingerprint density at radius 2 is 1.04 bits per heavy atom. The maximum absolute atomic E-state index is 13.0. The molecule has 2 aromatic rings. The molecule has 0 saturated heterocycles. The molecule has 0 radical (unpaired) electrons. The summed E-state index contributed by atoms with van der Waals surface area (Å²) < 4.78 is 0. The Labute approximate surface area is 277 Å². The van der Waals surface area contributed by atoms with Crippen LogP contribution in [-0.4, -0.2) is 35.5 Å². The van der Waals surface area contributed by atoms with Crippen LogP contribution in [0.1, 0.15) is 151 Å². The quantitative estimate of drug-likeness (QED) is 0.0743. The highest BCUT2D eigenvalue weighted by Gasteiger charge is 2.26. The molecule has 0 aliphatic rings. The number of nitrogens with one attached hydrogen (secondary N) is 2. The van der Waals surface area contributed by atoms with Crippen molar-refractivity contribution in [2.45, 2.75) is 136 Å². The van der Waals surface area contributed by atoms with Crippen LogP contribution in [0.25, 0.3) is 0 Å². The number of aromatic carboxylic acids is 1. The zero-order chi connectivity index (χ0) is 33.4. The summed E-state index contributed by atoms with van der Waals surface area (Å²) in [5.74, 6) is -1.45. The lowest BCUT2D eigenvalue weighted by molar-refractivity contribution is -0.124. The number of azo groups is 1. The fourth-order valence-electron chi connectivity index (χ4n) is 5.39. The van der Waals surface area contributed by atoms with E-state index in [0.717, 1.165) is 19.3 Å². The number of rotatable bonds is 25. The van der Waals surface area contributed by atoms with Crippen molar-refractivity contribution in [3.8, 4) is 0 Å². The lowest BCUT2D eigenvalue weighted by atomic mass is 9.97. The van der Waals surface area contributed by atoms with E-state index >= 15 is 0 Å². The van der Waals surface area contributed by atoms with Gasteiger partial charge in [0.25, 0.3) is 5.91 Å². The predicted octanol–water partition coefficient (Wildman–Crippen LogP) is 10.3. The third kappa shape index (κ3) is 16.1. The van der Waals surface area contributed by atoms with E-state index in [9.17, 15) is 14.4 Å². The van der Waals surface area contributed by atoms with Gasteiger partial charge in [-0.05, 0) is 60.9 Å². The molecule has 0 aliphatic heterocycles. The molecule has 0 fully saturated rings. The van der Waals surface area contributed by atoms with Gasteiger partial charge < -0.3 is 15.7 Å². The number of hydrogen-bond acceptors (Lipinski definition) is 5. The van der Waals surface area contributed by atoms with E-state index in [4.69, 9.17) is 5.11 Å². The van der Waals surface area contributed by atoms with E-state index in [1.54, 1.807) is 36.4 Å². The first-order valence-electron chi connectivity index (χ1n) is 17.8. The average molecular weight is 635 g/mol. The maximum atomic E-state index is 13.0. The van der Waals surface area contributed by atoms with Gasteiger partial charge in [0.15, 0.2) is 0 Å². The molecule has 2 rings (SSSR count). The molecule has 0 heterocycles. The van der Waals surface area contributed by atoms with Crippen LogP contribution in [0.5, 0.6) is 0 Å². The minimum absolute atomic E-state index is 0.00432. The molecule has 2 amide bonds. The summed E-state index contributed by atoms with van der Waals surface area (Å²) in [4.78, 5) is 37.0. The van der Waals surface area contributed by atoms with E-state index in [2.05, 4.69) is 27.8 Å². The smallest absolute Gasteiger partial charge is 0.335 e. The summed E-state index contributed by atoms with van der Waals surface area (Å²) in [6.07, 6.45) is 21.8. The maximum Gasteiger partial charge on any atom is 0.335 e. The second-order valence-electron chi connectivity index (χ2n) is 12.5. The van der Waals surface area contributed by atoms with Crippen molar-refractivity contribution in [1.29, 1.82) is 0 Å². The van der Waals surface area contributed by atoms with Crippen molar-refractivity contribution in [2.24, 2.45) is 16.1 Å². The molecule has 2 atom stereocenters. The van der Waals surface area contributed by atoms with Gasteiger partial charge in [0, 0.05) is 12.1 Å². The predicted molar refractivity (Wildman–Crippen MR) is 187 cm³/mol. The average Bonchev–Trinajstić information content (AvgIpc) is 3.07. The van der Waals surface area contributed by atoms with Gasteiger partial charge in [0.2, 0.25) is 5.91 Å². The van der Waals surface area contributed by atoms with Gasteiger partial charge in [-0.15, -0.1) is 0 Å². The number of carboxylic acids is 1. The number of nitrogens with zero attached hydrogens (tertiary/aromatic N) is 2. The zero-order valence-electron chi connectivity index (χ0n) is 28.6. The fraction of sp³-hybridized carbons (Fsp3) is 0.605. The Bertz CT molecular complexity index is 1160. The molecule has 0 aromatic heterocycles. The summed E-state index contributed by atoms with van der Waals surface area (Å²) in [5, 5.41) is 23.3. The van der Waals surface area contributed by atoms with Crippen molar-refractivity contribution in [2.75, 3.05) is 6.54 Å². The van der Waals surface area contributed by atoms with Crippen molar-refractivity contribution in [3.63, 3.8) is 0 Å². The molecule has 0 bridgehead atoms. The van der Waals surface area contributed by atoms with Crippen molar-refractivity contribution in [3.05, 3.63) is 59.7 Å². The first-order chi connectivity index (χ1) is 22.3. The minimum atomic E-state index is -0.999. The highest BCUT2D eigenvalue weighted by atomic mass is 16.4. The van der Waals surface area contributed by atoms with Gasteiger partial charge in [-0.1, -0.05) is 124 Å². The van der Waals surface area contributed by atoms with Gasteiger partial charge in [0.1, 0.15) is 6.04 Å². The third-order valence-electron chi connectivity index (χ3n) is 8.64. The zero-order valence-corrected chi connectivity index (χ0v) is 28.6. The highest BCUT2D eigenvalue weighted by Crippen LogP contribution is 2.20. The summed E-state index contributed by atoms with van der Waals surface area (Å²) >= 11 is 0. The number of carboxylic acid groups (broad SMARTS) is 1. The summed E-state index contributed by atoms with van der Waals surface area (Å²) in [6.45, 7) is 6.89. The Morgan fingerprint density at radius 3 is 1.46 bits per heavy atom. The summed E-state index contributed by atoms with van der Waals surface area (Å²) in [7, 11) is 0. The molecule has 254 valence electrons. The monoisotopic (exact) mass is 634 g/mol. The first kappa shape index (κ1) is 38.6. The largest absolute Gasteiger partial charge is 0.478 e. The molecule has 0 spiro atoms. The number of carbonyl (C=O) groups excluding carboxylic acids is 2. The van der Waals surface area contributed by atoms with Crippen LogP contribution in [0, 0.1) is 5.92 Å². The lowest BCUT2D eigenvalue weighted by Crippen LogP contribution is -2.50. The molecular weight excluding hydrogens is 576 g/mol. The van der Waals surface area contributed by atoms with Crippen molar-refractivity contribution >= 4 is 29.2 Å². The van der Waals surface area contributed by atoms with Gasteiger partial charge in [0.05, 0.1) is 16.9 Å². The third-order valence-corrected chi connectivity index (χ3v) is 8.64. The second kappa shape index (κ2) is 23.7. The first-order valence-corrected chi connectivity index (χ1v) is 17.8. The molecule has 2 aromatic carbocycles. The molecule has 8 nitrogen and oxygen atoms in total. The van der Waals surface area contributed by atoms with Crippen LogP contribution >= 0.6 is 0 Å². The van der Waals surface area contributed by atoms with Crippen LogP contribution in [0.15, 0.2) is 58.8 Å². The molecule has 0 saturated carbocycles. The number of benzene rings is 2. The van der Waals surface area contributed by atoms with Gasteiger partial charge in [-0.3, -0.25) is 9.59 Å². The second-order valence-corrected chi connectivity index (χ2v) is 12.5. The normalized spacial score (nSPS) is 12.6. The van der Waals surface area contributed by atoms with E-state index in [1.807, 2.05) is 13.8 Å². The molecular formula is C38H58N4O4. The van der Waals surface area contributed by atoms with Gasteiger partial charge in [-0.25, -0.2) is 4.79 Å². The van der Waals surface area contributed by atoms with Crippen molar-refractivity contribution < 1.29 is 19.5 Å². The Morgan fingerprint density at radius 1 is 0.630 bits per heavy atom. The van der Waals surface area contributed by atoms with Crippen molar-refractivity contribution in [1.82, 2.24) is 10.6 Å². The van der Waals surface area contributed by atoms with Crippen LogP contribution in [0.3, 0.4) is 0 Å². The summed E-state index contributed by atoms with van der Waals surface area (Å²) in [5.41, 5.74) is 1.69. The number of amides is 2. The molecule has 8 heteroatoms. The Hall–Kier alpha value is -3.55. The number of unbranched alkanes of at least 4 members (excludes halogenated alkanes) is 15. The summed E-state index contributed by atoms with van der Waals surface area (Å²) in [6, 6.07) is 12.2. The van der Waals surface area contributed by atoms with Gasteiger partial charge in [-0.2, -0.15) is 10.2 Å². The van der Waals surface area contributed by atoms with E-state index in [1.165, 1.54) is 102 Å². The SMILES string of the molecule is CCCCCCCCCCCCCCCCCCNC(=O)[C@@H](NC(=O)c1ccc(N=Nc2ccc(C(=O)O)cc2)cc1)[C@@H](C)CC.